The van der Waals surface area contributed by atoms with Crippen LogP contribution in [0.5, 0.6) is 17.2 Å². The van der Waals surface area contributed by atoms with E-state index in [1.807, 2.05) is 167 Å². The van der Waals surface area contributed by atoms with Gasteiger partial charge in [0.1, 0.15) is 73.8 Å². The highest BCUT2D eigenvalue weighted by atomic mass is 32.2. The van der Waals surface area contributed by atoms with Crippen LogP contribution in [-0.4, -0.2) is 96.7 Å². The van der Waals surface area contributed by atoms with Crippen molar-refractivity contribution in [2.75, 3.05) is 26.1 Å². The molecule has 3 aliphatic heterocycles. The zero-order valence-electron chi connectivity index (χ0n) is 60.3. The Morgan fingerprint density at radius 3 is 1.07 bits per heavy atom. The van der Waals surface area contributed by atoms with E-state index in [0.29, 0.717) is 58.6 Å². The minimum atomic E-state index is -3.95. The minimum Gasteiger partial charge on any atom is -0.486 e. The summed E-state index contributed by atoms with van der Waals surface area (Å²) in [4.78, 5) is 0.368. The van der Waals surface area contributed by atoms with Crippen LogP contribution in [0.4, 0.5) is 0 Å². The first-order chi connectivity index (χ1) is 53.3. The number of hydrogen-bond acceptors (Lipinski definition) is 23. The highest BCUT2D eigenvalue weighted by molar-refractivity contribution is 7.87. The Kier molecular flexibility index (Phi) is 22.9. The van der Waals surface area contributed by atoms with Gasteiger partial charge in [0, 0.05) is 38.6 Å². The molecule has 0 atom stereocenters. The van der Waals surface area contributed by atoms with Crippen molar-refractivity contribution >= 4 is 111 Å². The summed E-state index contributed by atoms with van der Waals surface area (Å²) in [5, 5.41) is 25.3. The lowest BCUT2D eigenvalue weighted by Gasteiger charge is -2.07. The number of para-hydroxylation sites is 1. The third-order valence-electron chi connectivity index (χ3n) is 18.0. The molecule has 3 heterocycles. The van der Waals surface area contributed by atoms with Gasteiger partial charge in [0.15, 0.2) is 0 Å². The average molecular weight is 1590 g/mol. The fourth-order valence-electron chi connectivity index (χ4n) is 12.3. The maximum Gasteiger partial charge on any atom is 0.358 e. The first-order valence-electron chi connectivity index (χ1n) is 34.6. The molecule has 12 aromatic carbocycles. The topological polar surface area (TPSA) is 306 Å². The highest BCUT2D eigenvalue weighted by Crippen LogP contribution is 2.37. The van der Waals surface area contributed by atoms with Crippen LogP contribution in [0.2, 0.25) is 0 Å². The van der Waals surface area contributed by atoms with Gasteiger partial charge in [0.05, 0.1) is 17.7 Å². The Morgan fingerprint density at radius 1 is 0.279 bits per heavy atom. The third kappa shape index (κ3) is 18.5. The summed E-state index contributed by atoms with van der Waals surface area (Å²) in [6.07, 6.45) is 4.03. The number of fused-ring (bicyclic) bond motifs is 11. The Bertz CT molecular complexity index is 6180. The molecule has 0 unspecified atom stereocenters. The molecule has 0 fully saturated rings. The molecule has 12 aromatic rings. The van der Waals surface area contributed by atoms with Crippen LogP contribution in [0.3, 0.4) is 0 Å². The van der Waals surface area contributed by atoms with Crippen molar-refractivity contribution in [1.82, 2.24) is 0 Å². The van der Waals surface area contributed by atoms with Crippen LogP contribution in [0.1, 0.15) is 74.0 Å². The second kappa shape index (κ2) is 33.0. The predicted molar refractivity (Wildman–Crippen MR) is 424 cm³/mol. The fourth-order valence-corrected chi connectivity index (χ4v) is 15.5. The van der Waals surface area contributed by atoms with Crippen molar-refractivity contribution in [2.45, 2.75) is 73.0 Å². The van der Waals surface area contributed by atoms with Gasteiger partial charge in [-0.1, -0.05) is 230 Å². The van der Waals surface area contributed by atoms with Crippen molar-refractivity contribution in [3.63, 3.8) is 0 Å². The van der Waals surface area contributed by atoms with Crippen molar-refractivity contribution in [3.8, 4) is 17.2 Å². The summed E-state index contributed by atoms with van der Waals surface area (Å²) in [6, 6.07) is 76.4. The predicted octanol–water partition coefficient (Wildman–Crippen LogP) is 15.3. The molecule has 2 aliphatic carbocycles. The van der Waals surface area contributed by atoms with Gasteiger partial charge in [0.2, 0.25) is 0 Å². The lowest BCUT2D eigenvalue weighted by Crippen LogP contribution is -2.08. The SMILES string of the molecule is CS(=O)(=O)O/N=C1\COc2c1ccc1ccccc21.Cc1ccc(S(=O)(=O)O/N=C2\CCc3ccc4ccccc4c32)cc1.Cc1ccc(S(=O)(=O)O/N=C2\CCc3ccccc32)cc1.Cc1ccc(S(=O)(=O)O/N=C2\COc3c2ccc2ccccc32)cc1.Cc1ccc(S(=O)(=O)O/N=C2\COc3ccccc32)cc1. The molecular formula is C83H71N5O18S5. The van der Waals surface area contributed by atoms with Gasteiger partial charge < -0.3 is 14.2 Å². The lowest BCUT2D eigenvalue weighted by molar-refractivity contribution is 0.332. The zero-order chi connectivity index (χ0) is 78.1. The quantitative estimate of drug-likeness (QED) is 0.0913. The molecule has 566 valence electrons. The molecule has 0 aromatic heterocycles. The molecule has 5 aliphatic rings. The normalized spacial score (nSPS) is 15.7. The largest absolute Gasteiger partial charge is 0.486 e. The van der Waals surface area contributed by atoms with E-state index in [9.17, 15) is 42.1 Å². The van der Waals surface area contributed by atoms with E-state index in [4.69, 9.17) is 31.3 Å². The molecule has 28 heteroatoms. The molecule has 0 radical (unpaired) electrons. The number of ether oxygens (including phenoxy) is 3. The molecule has 0 saturated carbocycles. The Morgan fingerprint density at radius 2 is 0.613 bits per heavy atom. The first-order valence-corrected chi connectivity index (χ1v) is 42.1. The lowest BCUT2D eigenvalue weighted by atomic mass is 10.0. The summed E-state index contributed by atoms with van der Waals surface area (Å²) in [5.41, 5.74) is 13.2. The van der Waals surface area contributed by atoms with Gasteiger partial charge >= 0.3 is 50.6 Å². The van der Waals surface area contributed by atoms with E-state index in [1.54, 1.807) is 54.6 Å². The Hall–Kier alpha value is -12.1. The fraction of sp³-hybridized carbons (Fsp3) is 0.145. The zero-order valence-corrected chi connectivity index (χ0v) is 64.4. The van der Waals surface area contributed by atoms with Gasteiger partial charge in [-0.2, -0.15) is 42.1 Å². The molecule has 0 spiro atoms. The minimum absolute atomic E-state index is 0.0695. The summed E-state index contributed by atoms with van der Waals surface area (Å²) in [6.45, 7) is 8.14. The Labute approximate surface area is 642 Å². The van der Waals surface area contributed by atoms with Crippen molar-refractivity contribution in [1.29, 1.82) is 0 Å². The van der Waals surface area contributed by atoms with E-state index in [-0.39, 0.29) is 39.4 Å². The van der Waals surface area contributed by atoms with Crippen LogP contribution < -0.4 is 14.2 Å². The average Bonchev–Trinajstić information content (AvgIpc) is 1.67. The van der Waals surface area contributed by atoms with Crippen molar-refractivity contribution < 1.29 is 77.7 Å². The van der Waals surface area contributed by atoms with Crippen LogP contribution in [0.15, 0.2) is 300 Å². The second-order valence-electron chi connectivity index (χ2n) is 26.0. The molecule has 23 nitrogen and oxygen atoms in total. The summed E-state index contributed by atoms with van der Waals surface area (Å²) in [7, 11) is -19.2. The molecule has 111 heavy (non-hydrogen) atoms. The third-order valence-corrected chi connectivity index (χ3v) is 22.9. The molecular weight excluding hydrogens is 1520 g/mol. The number of rotatable bonds is 14. The van der Waals surface area contributed by atoms with Crippen LogP contribution in [0.25, 0.3) is 32.3 Å². The standard InChI is InChI=1S/C20H17NO3S.C19H15NO4S.C16H15NO3S.C15H13NO4S.C13H11NO4S/c1-14-6-11-17(12-7-14)25(22,23)24-21-19-13-10-16-9-8-15-4-2-3-5-18(15)20(16)19;1-13-6-9-15(10-7-13)25(21,22)24-20-18-12-23-19-16-5-3-2-4-14(16)8-11-17(18)19;1-12-6-9-14(10-7-12)21(18,19)20-17-16-11-8-13-4-2-3-5-15(13)16;1-11-6-8-12(9-7-11)21(17,18)20-16-14-10-19-15-5-3-2-4-13(14)15;1-19(15,16)18-14-12-8-17-13-10-5-3-2-4-9(10)6-7-11(12)13/h2-9,11-12H,10,13H2,1H3;2-11H,12H2,1H3;2-7,9-10H,8,11H2,1H3;2-9H,10H2,1H3;2-7H,8H2,1H3/b21-19+;20-18+;17-16+;16-14+;14-12+. The van der Waals surface area contributed by atoms with Gasteiger partial charge in [-0.05, 0) is 159 Å². The van der Waals surface area contributed by atoms with Crippen LogP contribution in [-0.2, 0) is 84.9 Å². The number of benzene rings is 12. The van der Waals surface area contributed by atoms with Gasteiger partial charge in [-0.25, -0.2) is 0 Å². The van der Waals surface area contributed by atoms with Gasteiger partial charge in [-0.3, -0.25) is 21.4 Å². The van der Waals surface area contributed by atoms with Gasteiger partial charge in [-0.15, -0.1) is 0 Å². The van der Waals surface area contributed by atoms with E-state index >= 15 is 0 Å². The number of oxime groups is 5. The summed E-state index contributed by atoms with van der Waals surface area (Å²) in [5.74, 6) is 2.09. The molecule has 17 rings (SSSR count). The monoisotopic (exact) mass is 1590 g/mol. The highest BCUT2D eigenvalue weighted by Gasteiger charge is 2.29. The van der Waals surface area contributed by atoms with Crippen LogP contribution >= 0.6 is 0 Å². The number of hydrogen-bond donors (Lipinski definition) is 0. The van der Waals surface area contributed by atoms with Crippen molar-refractivity contribution in [2.24, 2.45) is 25.8 Å². The van der Waals surface area contributed by atoms with E-state index in [0.717, 1.165) is 101 Å². The summed E-state index contributed by atoms with van der Waals surface area (Å²) >= 11 is 0. The maximum absolute atomic E-state index is 12.3. The Balaban J connectivity index is 0.000000122. The molecule has 0 amide bonds. The van der Waals surface area contributed by atoms with Crippen molar-refractivity contribution in [3.05, 3.63) is 316 Å². The second-order valence-corrected chi connectivity index (χ2v) is 33.7. The maximum atomic E-state index is 12.3. The molecule has 0 N–H and O–H groups in total. The number of aryl methyl sites for hydroxylation is 6. The summed E-state index contributed by atoms with van der Waals surface area (Å²) < 4.78 is 160. The molecule has 0 bridgehead atoms. The van der Waals surface area contributed by atoms with Crippen LogP contribution in [0, 0.1) is 27.7 Å². The van der Waals surface area contributed by atoms with E-state index in [2.05, 4.69) is 42.2 Å². The van der Waals surface area contributed by atoms with Gasteiger partial charge in [0.25, 0.3) is 0 Å². The van der Waals surface area contributed by atoms with E-state index in [1.165, 1.54) is 59.7 Å². The number of nitrogens with zero attached hydrogens (tertiary/aromatic N) is 5. The smallest absolute Gasteiger partial charge is 0.358 e. The van der Waals surface area contributed by atoms with E-state index < -0.39 is 50.6 Å². The molecule has 0 saturated heterocycles. The first kappa shape index (κ1) is 77.1.